The second-order valence-corrected chi connectivity index (χ2v) is 9.04. The number of carbonyl (C=O) groups is 1. The average Bonchev–Trinajstić information content (AvgIpc) is 2.75. The molecule has 6 heteroatoms. The number of hydrogen-bond acceptors (Lipinski definition) is 3. The summed E-state index contributed by atoms with van der Waals surface area (Å²) in [5, 5.41) is 2.90. The van der Waals surface area contributed by atoms with Gasteiger partial charge in [-0.2, -0.15) is 0 Å². The van der Waals surface area contributed by atoms with E-state index >= 15 is 0 Å². The maximum Gasteiger partial charge on any atom is 0.274 e. The standard InChI is InChI=1S/C26H27F2N3O/c1-15-4-5-21(27)20(13-15)25-22(28)6-7-23(30-25)26(32)31-24-14-29-9-8-19(24)18-11-16(2)10-17(3)12-18/h4-9,13-14,16-18H,10-12H2,1-3H3,(H,31,32)/t16-,17+,18-. The Morgan fingerprint density at radius 3 is 2.47 bits per heavy atom. The van der Waals surface area contributed by atoms with E-state index in [1.54, 1.807) is 25.4 Å². The number of amides is 1. The summed E-state index contributed by atoms with van der Waals surface area (Å²) in [4.78, 5) is 21.3. The first-order chi connectivity index (χ1) is 15.3. The zero-order chi connectivity index (χ0) is 22.8. The van der Waals surface area contributed by atoms with Gasteiger partial charge in [-0.25, -0.2) is 13.8 Å². The fourth-order valence-electron chi connectivity index (χ4n) is 4.83. The van der Waals surface area contributed by atoms with Gasteiger partial charge in [-0.15, -0.1) is 0 Å². The molecule has 0 spiro atoms. The number of halogens is 2. The van der Waals surface area contributed by atoms with Crippen molar-refractivity contribution in [1.29, 1.82) is 0 Å². The Kier molecular flexibility index (Phi) is 6.31. The highest BCUT2D eigenvalue weighted by molar-refractivity contribution is 6.03. The Hall–Kier alpha value is -3.15. The number of nitrogens with one attached hydrogen (secondary N) is 1. The molecular weight excluding hydrogens is 408 g/mol. The molecule has 0 radical (unpaired) electrons. The van der Waals surface area contributed by atoms with Crippen molar-refractivity contribution in [2.45, 2.75) is 46.0 Å². The monoisotopic (exact) mass is 435 g/mol. The smallest absolute Gasteiger partial charge is 0.274 e. The molecule has 2 heterocycles. The number of aryl methyl sites for hydroxylation is 1. The van der Waals surface area contributed by atoms with E-state index in [1.165, 1.54) is 24.6 Å². The van der Waals surface area contributed by atoms with Gasteiger partial charge in [-0.05, 0) is 79.8 Å². The van der Waals surface area contributed by atoms with Crippen molar-refractivity contribution in [2.24, 2.45) is 11.8 Å². The largest absolute Gasteiger partial charge is 0.319 e. The molecule has 0 bridgehead atoms. The van der Waals surface area contributed by atoms with E-state index in [-0.39, 0.29) is 17.0 Å². The molecule has 4 nitrogen and oxygen atoms in total. The van der Waals surface area contributed by atoms with Crippen molar-refractivity contribution in [3.8, 4) is 11.3 Å². The number of pyridine rings is 2. The van der Waals surface area contributed by atoms with Crippen LogP contribution in [0.3, 0.4) is 0 Å². The molecule has 0 saturated heterocycles. The number of hydrogen-bond donors (Lipinski definition) is 1. The zero-order valence-corrected chi connectivity index (χ0v) is 18.5. The molecule has 3 atom stereocenters. The molecule has 2 aromatic heterocycles. The number of nitrogens with zero attached hydrogens (tertiary/aromatic N) is 2. The van der Waals surface area contributed by atoms with E-state index < -0.39 is 17.5 Å². The van der Waals surface area contributed by atoms with Gasteiger partial charge in [-0.1, -0.05) is 25.5 Å². The molecule has 32 heavy (non-hydrogen) atoms. The Morgan fingerprint density at radius 1 is 1.00 bits per heavy atom. The lowest BCUT2D eigenvalue weighted by Gasteiger charge is -2.32. The van der Waals surface area contributed by atoms with Gasteiger partial charge in [0.15, 0.2) is 0 Å². The molecular formula is C26H27F2N3O. The third kappa shape index (κ3) is 4.69. The summed E-state index contributed by atoms with van der Waals surface area (Å²) in [7, 11) is 0. The van der Waals surface area contributed by atoms with Crippen LogP contribution in [-0.2, 0) is 0 Å². The number of aromatic nitrogens is 2. The van der Waals surface area contributed by atoms with Gasteiger partial charge in [0.2, 0.25) is 0 Å². The highest BCUT2D eigenvalue weighted by atomic mass is 19.1. The van der Waals surface area contributed by atoms with E-state index in [1.807, 2.05) is 6.07 Å². The zero-order valence-electron chi connectivity index (χ0n) is 18.5. The van der Waals surface area contributed by atoms with Crippen molar-refractivity contribution in [3.63, 3.8) is 0 Å². The lowest BCUT2D eigenvalue weighted by molar-refractivity contribution is 0.102. The van der Waals surface area contributed by atoms with Crippen LogP contribution in [0.25, 0.3) is 11.3 Å². The van der Waals surface area contributed by atoms with Gasteiger partial charge in [0.05, 0.1) is 11.9 Å². The van der Waals surface area contributed by atoms with Crippen molar-refractivity contribution in [2.75, 3.05) is 5.32 Å². The van der Waals surface area contributed by atoms with E-state index in [0.29, 0.717) is 23.4 Å². The van der Waals surface area contributed by atoms with Gasteiger partial charge in [0.25, 0.3) is 5.91 Å². The van der Waals surface area contributed by atoms with Gasteiger partial charge in [-0.3, -0.25) is 9.78 Å². The molecule has 4 rings (SSSR count). The first kappa shape index (κ1) is 22.1. The van der Waals surface area contributed by atoms with E-state index in [0.717, 1.165) is 30.0 Å². The van der Waals surface area contributed by atoms with Crippen molar-refractivity contribution < 1.29 is 13.6 Å². The van der Waals surface area contributed by atoms with Crippen LogP contribution in [0, 0.1) is 30.4 Å². The van der Waals surface area contributed by atoms with E-state index in [2.05, 4.69) is 29.1 Å². The van der Waals surface area contributed by atoms with Gasteiger partial charge in [0, 0.05) is 11.8 Å². The lowest BCUT2D eigenvalue weighted by Crippen LogP contribution is -2.21. The van der Waals surface area contributed by atoms with Crippen LogP contribution in [-0.4, -0.2) is 15.9 Å². The fourth-order valence-corrected chi connectivity index (χ4v) is 4.83. The van der Waals surface area contributed by atoms with Crippen LogP contribution in [0.4, 0.5) is 14.5 Å². The highest BCUT2D eigenvalue weighted by Crippen LogP contribution is 2.41. The van der Waals surface area contributed by atoms with Crippen molar-refractivity contribution >= 4 is 11.6 Å². The van der Waals surface area contributed by atoms with E-state index in [4.69, 9.17) is 0 Å². The Morgan fingerprint density at radius 2 is 1.72 bits per heavy atom. The molecule has 1 N–H and O–H groups in total. The third-order valence-corrected chi connectivity index (χ3v) is 6.18. The Bertz CT molecular complexity index is 1140. The lowest BCUT2D eigenvalue weighted by atomic mass is 9.74. The van der Waals surface area contributed by atoms with Crippen molar-refractivity contribution in [3.05, 3.63) is 77.2 Å². The van der Waals surface area contributed by atoms with Gasteiger partial charge < -0.3 is 5.32 Å². The van der Waals surface area contributed by atoms with Crippen LogP contribution in [0.15, 0.2) is 48.8 Å². The van der Waals surface area contributed by atoms with E-state index in [9.17, 15) is 13.6 Å². The molecule has 0 aliphatic heterocycles. The van der Waals surface area contributed by atoms with Crippen LogP contribution in [0.5, 0.6) is 0 Å². The summed E-state index contributed by atoms with van der Waals surface area (Å²) in [5.74, 6) is -0.180. The molecule has 1 saturated carbocycles. The predicted molar refractivity (Wildman–Crippen MR) is 121 cm³/mol. The van der Waals surface area contributed by atoms with Crippen LogP contribution >= 0.6 is 0 Å². The molecule has 3 aromatic rings. The third-order valence-electron chi connectivity index (χ3n) is 6.18. The van der Waals surface area contributed by atoms with Crippen LogP contribution in [0.2, 0.25) is 0 Å². The summed E-state index contributed by atoms with van der Waals surface area (Å²) < 4.78 is 28.8. The molecule has 1 aliphatic carbocycles. The van der Waals surface area contributed by atoms with Gasteiger partial charge >= 0.3 is 0 Å². The minimum Gasteiger partial charge on any atom is -0.319 e. The Labute approximate surface area is 187 Å². The quantitative estimate of drug-likeness (QED) is 0.507. The molecule has 1 aliphatic rings. The molecule has 1 fully saturated rings. The average molecular weight is 436 g/mol. The van der Waals surface area contributed by atoms with Crippen molar-refractivity contribution in [1.82, 2.24) is 9.97 Å². The number of anilines is 1. The SMILES string of the molecule is Cc1ccc(F)c(-c2nc(C(=O)Nc3cnccc3[C@@H]3C[C@H](C)C[C@H](C)C3)ccc2F)c1. The summed E-state index contributed by atoms with van der Waals surface area (Å²) in [5.41, 5.74) is 2.33. The van der Waals surface area contributed by atoms with Crippen LogP contribution in [0.1, 0.15) is 60.6 Å². The Balaban J connectivity index is 1.63. The minimum absolute atomic E-state index is 0.0162. The fraction of sp³-hybridized carbons (Fsp3) is 0.346. The molecule has 166 valence electrons. The number of rotatable bonds is 4. The summed E-state index contributed by atoms with van der Waals surface area (Å²) in [6.07, 6.45) is 6.71. The maximum atomic E-state index is 14.5. The van der Waals surface area contributed by atoms with Gasteiger partial charge in [0.1, 0.15) is 23.0 Å². The number of benzene rings is 1. The van der Waals surface area contributed by atoms with Crippen LogP contribution < -0.4 is 5.32 Å². The number of carbonyl (C=O) groups excluding carboxylic acids is 1. The molecule has 1 aromatic carbocycles. The minimum atomic E-state index is -0.682. The molecule has 1 amide bonds. The second kappa shape index (κ2) is 9.15. The highest BCUT2D eigenvalue weighted by Gasteiger charge is 2.27. The topological polar surface area (TPSA) is 54.9 Å². The maximum absolute atomic E-state index is 14.5. The molecule has 0 unspecified atom stereocenters. The second-order valence-electron chi connectivity index (χ2n) is 9.04. The first-order valence-corrected chi connectivity index (χ1v) is 11.0. The first-order valence-electron chi connectivity index (χ1n) is 11.0. The summed E-state index contributed by atoms with van der Waals surface area (Å²) in [6.45, 7) is 6.31. The summed E-state index contributed by atoms with van der Waals surface area (Å²) >= 11 is 0. The predicted octanol–water partition coefficient (Wildman–Crippen LogP) is 6.52. The normalized spacial score (nSPS) is 20.7. The summed E-state index contributed by atoms with van der Waals surface area (Å²) in [6, 6.07) is 8.80.